The lowest BCUT2D eigenvalue weighted by Crippen LogP contribution is -2.55. The molecule has 2 aromatic rings. The number of alkyl carbamates (subject to hydrolysis) is 1. The summed E-state index contributed by atoms with van der Waals surface area (Å²) in [4.78, 5) is 45.9. The van der Waals surface area contributed by atoms with Crippen molar-refractivity contribution in [2.45, 2.75) is 101 Å². The van der Waals surface area contributed by atoms with Crippen molar-refractivity contribution >= 4 is 44.8 Å². The van der Waals surface area contributed by atoms with Crippen molar-refractivity contribution in [2.75, 3.05) is 13.7 Å². The van der Waals surface area contributed by atoms with Gasteiger partial charge in [0.25, 0.3) is 0 Å². The Morgan fingerprint density at radius 2 is 2.00 bits per heavy atom. The zero-order valence-electron chi connectivity index (χ0n) is 26.1. The van der Waals surface area contributed by atoms with Gasteiger partial charge in [-0.2, -0.15) is 0 Å². The van der Waals surface area contributed by atoms with E-state index < -0.39 is 41.8 Å². The zero-order valence-corrected chi connectivity index (χ0v) is 27.7. The number of ether oxygens (including phenoxy) is 3. The first kappa shape index (κ1) is 33.0. The van der Waals surface area contributed by atoms with E-state index in [2.05, 4.69) is 32.8 Å². The predicted molar refractivity (Wildman–Crippen MR) is 173 cm³/mol. The van der Waals surface area contributed by atoms with Crippen molar-refractivity contribution in [1.82, 2.24) is 15.2 Å². The van der Waals surface area contributed by atoms with Crippen molar-refractivity contribution in [3.8, 4) is 11.5 Å². The van der Waals surface area contributed by atoms with E-state index in [4.69, 9.17) is 14.2 Å². The van der Waals surface area contributed by atoms with Crippen LogP contribution in [0.3, 0.4) is 0 Å². The van der Waals surface area contributed by atoms with Gasteiger partial charge in [0.05, 0.1) is 19.2 Å². The van der Waals surface area contributed by atoms with E-state index in [1.807, 2.05) is 37.3 Å². The van der Waals surface area contributed by atoms with Gasteiger partial charge >= 0.3 is 12.1 Å². The number of fused-ring (bicyclic) bond motifs is 1. The number of unbranched alkanes of at least 4 members (excludes halogenated alkanes) is 1. The van der Waals surface area contributed by atoms with Crippen molar-refractivity contribution < 1.29 is 33.7 Å². The van der Waals surface area contributed by atoms with Crippen LogP contribution in [0.1, 0.15) is 77.6 Å². The molecule has 1 aliphatic heterocycles. The van der Waals surface area contributed by atoms with Gasteiger partial charge in [-0.05, 0) is 110 Å². The number of halogens is 1. The van der Waals surface area contributed by atoms with Crippen LogP contribution in [0.4, 0.5) is 4.79 Å². The molecule has 5 rings (SSSR count). The molecule has 2 amide bonds. The van der Waals surface area contributed by atoms with Gasteiger partial charge in [0, 0.05) is 11.8 Å². The Labute approximate surface area is 273 Å². The summed E-state index contributed by atoms with van der Waals surface area (Å²) in [7, 11) is 1.59. The van der Waals surface area contributed by atoms with Crippen LogP contribution in [0.15, 0.2) is 41.5 Å². The van der Waals surface area contributed by atoms with Crippen molar-refractivity contribution in [3.63, 3.8) is 0 Å². The van der Waals surface area contributed by atoms with Gasteiger partial charge in [0.1, 0.15) is 34.1 Å². The Balaban J connectivity index is 1.31. The molecule has 10 nitrogen and oxygen atoms in total. The summed E-state index contributed by atoms with van der Waals surface area (Å²) in [5.74, 6) is -0.230. The van der Waals surface area contributed by atoms with Crippen molar-refractivity contribution in [2.24, 2.45) is 11.8 Å². The minimum absolute atomic E-state index is 0.0709. The maximum atomic E-state index is 14.1. The van der Waals surface area contributed by atoms with E-state index >= 15 is 0 Å². The molecule has 2 N–H and O–H groups in total. The van der Waals surface area contributed by atoms with Crippen LogP contribution in [-0.2, 0) is 14.3 Å². The number of pyridine rings is 1. The maximum Gasteiger partial charge on any atom is 0.408 e. The Bertz CT molecular complexity index is 1410. The number of allylic oxidation sites excluding steroid dienone is 1. The van der Waals surface area contributed by atoms with Crippen LogP contribution >= 0.6 is 15.9 Å². The highest BCUT2D eigenvalue weighted by Crippen LogP contribution is 2.42. The number of hydrogen-bond donors (Lipinski definition) is 2. The van der Waals surface area contributed by atoms with Crippen molar-refractivity contribution in [1.29, 1.82) is 0 Å². The second kappa shape index (κ2) is 14.4. The van der Waals surface area contributed by atoms with Gasteiger partial charge < -0.3 is 29.5 Å². The van der Waals surface area contributed by atoms with Crippen LogP contribution < -0.4 is 14.8 Å². The predicted octanol–water partition coefficient (Wildman–Crippen LogP) is 6.64. The molecule has 1 saturated heterocycles. The molecule has 3 fully saturated rings. The smallest absolute Gasteiger partial charge is 0.408 e. The minimum atomic E-state index is -1.11. The second-order valence-corrected chi connectivity index (χ2v) is 13.6. The molecule has 2 aliphatic carbocycles. The maximum absolute atomic E-state index is 14.1. The number of aliphatic carboxylic acids is 1. The van der Waals surface area contributed by atoms with Crippen LogP contribution in [-0.4, -0.2) is 70.4 Å². The normalized spacial score (nSPS) is 25.7. The first-order chi connectivity index (χ1) is 21.6. The third kappa shape index (κ3) is 7.56. The lowest BCUT2D eigenvalue weighted by Gasteiger charge is -2.34. The molecule has 1 aromatic heterocycles. The van der Waals surface area contributed by atoms with Gasteiger partial charge in [-0.15, -0.1) is 6.58 Å². The summed E-state index contributed by atoms with van der Waals surface area (Å²) in [5, 5.41) is 13.8. The van der Waals surface area contributed by atoms with Crippen LogP contribution in [0.2, 0.25) is 0 Å². The zero-order chi connectivity index (χ0) is 32.1. The lowest BCUT2D eigenvalue weighted by atomic mass is 9.88. The molecule has 0 spiro atoms. The number of carboxylic acid groups (broad SMARTS) is 1. The Kier molecular flexibility index (Phi) is 10.6. The van der Waals surface area contributed by atoms with Crippen LogP contribution in [0.25, 0.3) is 10.9 Å². The average Bonchev–Trinajstić information content (AvgIpc) is 3.77. The van der Waals surface area contributed by atoms with Gasteiger partial charge in [-0.25, -0.2) is 14.6 Å². The highest BCUT2D eigenvalue weighted by molar-refractivity contribution is 9.10. The van der Waals surface area contributed by atoms with E-state index in [0.29, 0.717) is 16.1 Å². The molecule has 45 heavy (non-hydrogen) atoms. The standard InChI is InChI=1S/C34H44BrN3O7/c1-4-5-6-12-23-13-9-16-34(23,2)45-33(42)37-29(21-10-7-8-11-21)31(39)38-20-25(19-27(38)32(40)41)44-28-18-22-17-24(43-3)14-15-26(22)36-30(28)35/h4,14-15,17-18,21,23,25,27,29H,1,5-13,16,19-20H2,2-3H3,(H,37,42)(H,40,41)/t23-,25-,27+,29+,34-/m1/s1. The third-order valence-corrected chi connectivity index (χ3v) is 10.4. The number of nitrogens with zero attached hydrogens (tertiary/aromatic N) is 2. The topological polar surface area (TPSA) is 127 Å². The molecule has 0 radical (unpaired) electrons. The number of likely N-dealkylation sites (tertiary alicyclic amines) is 1. The fourth-order valence-corrected chi connectivity index (χ4v) is 7.78. The van der Waals surface area contributed by atoms with E-state index in [-0.39, 0.29) is 24.8 Å². The monoisotopic (exact) mass is 685 g/mol. The fraction of sp³-hybridized carbons (Fsp3) is 0.588. The Morgan fingerprint density at radius 1 is 1.22 bits per heavy atom. The third-order valence-electron chi connectivity index (χ3n) is 9.85. The summed E-state index contributed by atoms with van der Waals surface area (Å²) in [6.45, 7) is 5.87. The molecular weight excluding hydrogens is 642 g/mol. The van der Waals surface area contributed by atoms with Gasteiger partial charge in [0.15, 0.2) is 5.75 Å². The van der Waals surface area contributed by atoms with Crippen LogP contribution in [0.5, 0.6) is 11.5 Å². The number of rotatable bonds is 12. The number of hydrogen-bond acceptors (Lipinski definition) is 7. The molecule has 0 unspecified atom stereocenters. The second-order valence-electron chi connectivity index (χ2n) is 12.8. The first-order valence-corrected chi connectivity index (χ1v) is 16.9. The van der Waals surface area contributed by atoms with E-state index in [0.717, 1.165) is 75.1 Å². The molecule has 2 saturated carbocycles. The van der Waals surface area contributed by atoms with Crippen molar-refractivity contribution in [3.05, 3.63) is 41.5 Å². The molecule has 244 valence electrons. The number of carbonyl (C=O) groups is 3. The molecule has 2 heterocycles. The summed E-state index contributed by atoms with van der Waals surface area (Å²) in [6.07, 6.45) is 9.92. The van der Waals surface area contributed by atoms with E-state index in [1.165, 1.54) is 4.90 Å². The summed E-state index contributed by atoms with van der Waals surface area (Å²) < 4.78 is 18.2. The number of benzene rings is 1. The largest absolute Gasteiger partial charge is 0.497 e. The SMILES string of the molecule is C=CCCC[C@@H]1CCC[C@@]1(C)OC(=O)N[C@H](C(=O)N1C[C@H](Oc2cc3cc(OC)ccc3nc2Br)C[C@H]1C(=O)O)C1CCCC1. The van der Waals surface area contributed by atoms with Gasteiger partial charge in [0.2, 0.25) is 5.91 Å². The number of carboxylic acids is 1. The molecule has 0 bridgehead atoms. The van der Waals surface area contributed by atoms with Gasteiger partial charge in [-0.1, -0.05) is 18.9 Å². The molecular formula is C34H44BrN3O7. The first-order valence-electron chi connectivity index (χ1n) is 16.1. The molecule has 11 heteroatoms. The number of aromatic nitrogens is 1. The van der Waals surface area contributed by atoms with E-state index in [9.17, 15) is 19.5 Å². The van der Waals surface area contributed by atoms with Crippen LogP contribution in [0, 0.1) is 11.8 Å². The molecule has 3 aliphatic rings. The number of carbonyl (C=O) groups excluding carboxylic acids is 2. The van der Waals surface area contributed by atoms with Gasteiger partial charge in [-0.3, -0.25) is 4.79 Å². The molecule has 5 atom stereocenters. The Morgan fingerprint density at radius 3 is 2.71 bits per heavy atom. The molecule has 1 aromatic carbocycles. The minimum Gasteiger partial charge on any atom is -0.497 e. The summed E-state index contributed by atoms with van der Waals surface area (Å²) in [6, 6.07) is 5.38. The summed E-state index contributed by atoms with van der Waals surface area (Å²) in [5.41, 5.74) is 0.143. The highest BCUT2D eigenvalue weighted by Gasteiger charge is 2.47. The highest BCUT2D eigenvalue weighted by atomic mass is 79.9. The average molecular weight is 687 g/mol. The lowest BCUT2D eigenvalue weighted by molar-refractivity contribution is -0.149. The number of methoxy groups -OCH3 is 1. The quantitative estimate of drug-likeness (QED) is 0.145. The summed E-state index contributed by atoms with van der Waals surface area (Å²) >= 11 is 3.48. The Hall–Kier alpha value is -3.34. The van der Waals surface area contributed by atoms with E-state index in [1.54, 1.807) is 7.11 Å². The number of amides is 2. The number of nitrogens with one attached hydrogen (secondary N) is 1. The fourth-order valence-electron chi connectivity index (χ4n) is 7.38.